The lowest BCUT2D eigenvalue weighted by atomic mass is 9.75. The van der Waals surface area contributed by atoms with E-state index in [0.29, 0.717) is 54.8 Å². The fraction of sp³-hybridized carbons (Fsp3) is 0.512. The quantitative estimate of drug-likeness (QED) is 0.164. The third-order valence-electron chi connectivity index (χ3n) is 10.5. The molecule has 1 aliphatic heterocycles. The number of piperazine rings is 1. The van der Waals surface area contributed by atoms with Crippen molar-refractivity contribution in [3.05, 3.63) is 89.0 Å². The van der Waals surface area contributed by atoms with Gasteiger partial charge in [-0.25, -0.2) is 0 Å². The summed E-state index contributed by atoms with van der Waals surface area (Å²) in [6.07, 6.45) is 3.35. The van der Waals surface area contributed by atoms with E-state index in [1.807, 2.05) is 38.1 Å². The number of benzene rings is 3. The van der Waals surface area contributed by atoms with Crippen LogP contribution in [0, 0.1) is 11.8 Å². The molecule has 1 heterocycles. The van der Waals surface area contributed by atoms with Crippen LogP contribution in [0.2, 0.25) is 0 Å². The van der Waals surface area contributed by atoms with Crippen LogP contribution in [-0.4, -0.2) is 68.6 Å². The molecule has 2 unspecified atom stereocenters. The zero-order chi connectivity index (χ0) is 34.9. The number of anilines is 1. The number of ether oxygens (including phenoxy) is 2. The highest BCUT2D eigenvalue weighted by atomic mass is 16.5. The van der Waals surface area contributed by atoms with Crippen molar-refractivity contribution in [1.82, 2.24) is 10.2 Å². The molecule has 8 nitrogen and oxygen atoms in total. The molecule has 8 heteroatoms. The molecule has 49 heavy (non-hydrogen) atoms. The molecule has 2 aliphatic rings. The van der Waals surface area contributed by atoms with Crippen LogP contribution in [0.4, 0.5) is 5.69 Å². The minimum atomic E-state index is -0.716. The van der Waals surface area contributed by atoms with E-state index >= 15 is 0 Å². The molecule has 2 N–H and O–H groups in total. The second-order valence-corrected chi connectivity index (χ2v) is 14.2. The van der Waals surface area contributed by atoms with Crippen LogP contribution < -0.4 is 19.7 Å². The van der Waals surface area contributed by atoms with Gasteiger partial charge in [0.25, 0.3) is 0 Å². The van der Waals surface area contributed by atoms with Crippen LogP contribution >= 0.6 is 0 Å². The highest BCUT2D eigenvalue weighted by molar-refractivity contribution is 6.00. The monoisotopic (exact) mass is 669 g/mol. The minimum absolute atomic E-state index is 0.0862. The summed E-state index contributed by atoms with van der Waals surface area (Å²) in [7, 11) is 3.28. The molecule has 1 amide bonds. The zero-order valence-electron chi connectivity index (χ0n) is 30.0. The number of methoxy groups -OCH3 is 2. The Labute approximate surface area is 292 Å². The van der Waals surface area contributed by atoms with Crippen molar-refractivity contribution in [3.63, 3.8) is 0 Å². The van der Waals surface area contributed by atoms with Gasteiger partial charge in [0.05, 0.1) is 20.3 Å². The molecule has 4 atom stereocenters. The van der Waals surface area contributed by atoms with Crippen molar-refractivity contribution in [2.45, 2.75) is 77.4 Å². The normalized spacial score (nSPS) is 19.3. The van der Waals surface area contributed by atoms with Gasteiger partial charge in [-0.1, -0.05) is 62.4 Å². The van der Waals surface area contributed by atoms with E-state index in [1.54, 1.807) is 14.2 Å². The largest absolute Gasteiger partial charge is 0.493 e. The maximum absolute atomic E-state index is 13.6. The van der Waals surface area contributed by atoms with E-state index in [2.05, 4.69) is 64.5 Å². The first-order valence-corrected chi connectivity index (χ1v) is 18.1. The molecule has 264 valence electrons. The van der Waals surface area contributed by atoms with E-state index in [4.69, 9.17) is 9.47 Å². The highest BCUT2D eigenvalue weighted by Crippen LogP contribution is 2.44. The van der Waals surface area contributed by atoms with Crippen molar-refractivity contribution in [2.24, 2.45) is 11.8 Å². The predicted octanol–water partition coefficient (Wildman–Crippen LogP) is 7.33. The van der Waals surface area contributed by atoms with Gasteiger partial charge >= 0.3 is 0 Å². The average molecular weight is 670 g/mol. The fourth-order valence-corrected chi connectivity index (χ4v) is 7.65. The summed E-state index contributed by atoms with van der Waals surface area (Å²) in [6.45, 7) is 10.5. The van der Waals surface area contributed by atoms with E-state index in [-0.39, 0.29) is 23.5 Å². The zero-order valence-corrected chi connectivity index (χ0v) is 30.0. The van der Waals surface area contributed by atoms with Crippen LogP contribution in [0.5, 0.6) is 11.5 Å². The van der Waals surface area contributed by atoms with Gasteiger partial charge in [-0.15, -0.1) is 0 Å². The topological polar surface area (TPSA) is 91.3 Å². The number of rotatable bonds is 15. The lowest BCUT2D eigenvalue weighted by Crippen LogP contribution is -2.47. The van der Waals surface area contributed by atoms with E-state index < -0.39 is 6.10 Å². The molecular formula is C41H55N3O5. The number of ketones is 1. The molecule has 0 aromatic heterocycles. The number of amides is 1. The number of hydrogen-bond donors (Lipinski definition) is 2. The summed E-state index contributed by atoms with van der Waals surface area (Å²) in [4.78, 5) is 30.7. The first-order chi connectivity index (χ1) is 23.7. The summed E-state index contributed by atoms with van der Waals surface area (Å²) < 4.78 is 11.1. The Balaban J connectivity index is 1.28. The number of Topliss-reactive ketones (excluding diaryl/α,β-unsaturated/α-hetero) is 1. The van der Waals surface area contributed by atoms with Crippen molar-refractivity contribution in [1.29, 1.82) is 0 Å². The van der Waals surface area contributed by atoms with Gasteiger partial charge in [0.2, 0.25) is 5.91 Å². The van der Waals surface area contributed by atoms with Crippen LogP contribution in [0.15, 0.2) is 66.7 Å². The van der Waals surface area contributed by atoms with Crippen LogP contribution in [-0.2, 0) is 4.79 Å². The second-order valence-electron chi connectivity index (χ2n) is 14.2. The van der Waals surface area contributed by atoms with Gasteiger partial charge in [0, 0.05) is 68.4 Å². The first-order valence-electron chi connectivity index (χ1n) is 18.1. The third-order valence-corrected chi connectivity index (χ3v) is 10.5. The Hall–Kier alpha value is -3.88. The van der Waals surface area contributed by atoms with Gasteiger partial charge in [0.15, 0.2) is 17.3 Å². The van der Waals surface area contributed by atoms with Gasteiger partial charge in [-0.05, 0) is 79.7 Å². The number of aliphatic hydroxyl groups is 1. The second kappa shape index (κ2) is 17.2. The molecule has 1 aliphatic carbocycles. The predicted molar refractivity (Wildman–Crippen MR) is 196 cm³/mol. The summed E-state index contributed by atoms with van der Waals surface area (Å²) >= 11 is 0. The Morgan fingerprint density at radius 2 is 1.63 bits per heavy atom. The number of hydrogen-bond acceptors (Lipinski definition) is 7. The summed E-state index contributed by atoms with van der Waals surface area (Å²) in [5.74, 6) is 1.87. The SMILES string of the molecule is COc1ccc([C@@H](CCCNC(=O)CC(C)C)CCC2CC(=O)c3cccc(N4CCN([C@H](C)c5ccccc5)CC4)c3C2O)cc1OC. The molecule has 3 aromatic rings. The number of nitrogens with one attached hydrogen (secondary N) is 1. The molecule has 5 rings (SSSR count). The van der Waals surface area contributed by atoms with E-state index in [0.717, 1.165) is 62.3 Å². The van der Waals surface area contributed by atoms with Gasteiger partial charge in [-0.2, -0.15) is 0 Å². The lowest BCUT2D eigenvalue weighted by Gasteiger charge is -2.41. The number of aliphatic hydroxyl groups excluding tert-OH is 1. The third kappa shape index (κ3) is 9.03. The lowest BCUT2D eigenvalue weighted by molar-refractivity contribution is -0.121. The molecular weight excluding hydrogens is 614 g/mol. The highest BCUT2D eigenvalue weighted by Gasteiger charge is 2.36. The maximum atomic E-state index is 13.6. The Morgan fingerprint density at radius 3 is 2.33 bits per heavy atom. The summed E-state index contributed by atoms with van der Waals surface area (Å²) in [5, 5.41) is 15.0. The number of nitrogens with zero attached hydrogens (tertiary/aromatic N) is 2. The molecule has 3 aromatic carbocycles. The van der Waals surface area contributed by atoms with E-state index in [9.17, 15) is 14.7 Å². The molecule has 0 radical (unpaired) electrons. The van der Waals surface area contributed by atoms with Crippen LogP contribution in [0.1, 0.15) is 104 Å². The smallest absolute Gasteiger partial charge is 0.220 e. The van der Waals surface area contributed by atoms with Gasteiger partial charge in [0.1, 0.15) is 0 Å². The molecule has 0 saturated carbocycles. The van der Waals surface area contributed by atoms with Crippen molar-refractivity contribution in [2.75, 3.05) is 51.8 Å². The Bertz CT molecular complexity index is 1540. The molecule has 0 spiro atoms. The van der Waals surface area contributed by atoms with Crippen molar-refractivity contribution in [3.8, 4) is 11.5 Å². The number of carbonyl (C=O) groups excluding carboxylic acids is 2. The Morgan fingerprint density at radius 1 is 0.898 bits per heavy atom. The van der Waals surface area contributed by atoms with Crippen LogP contribution in [0.25, 0.3) is 0 Å². The van der Waals surface area contributed by atoms with Gasteiger partial charge < -0.3 is 24.8 Å². The van der Waals surface area contributed by atoms with E-state index in [1.165, 1.54) is 5.56 Å². The minimum Gasteiger partial charge on any atom is -0.493 e. The molecule has 1 fully saturated rings. The van der Waals surface area contributed by atoms with Crippen LogP contribution in [0.3, 0.4) is 0 Å². The number of carbonyl (C=O) groups is 2. The summed E-state index contributed by atoms with van der Waals surface area (Å²) in [5.41, 5.74) is 4.90. The maximum Gasteiger partial charge on any atom is 0.220 e. The summed E-state index contributed by atoms with van der Waals surface area (Å²) in [6, 6.07) is 22.9. The van der Waals surface area contributed by atoms with Crippen molar-refractivity contribution >= 4 is 17.4 Å². The first kappa shape index (κ1) is 36.4. The van der Waals surface area contributed by atoms with Crippen molar-refractivity contribution < 1.29 is 24.2 Å². The average Bonchev–Trinajstić information content (AvgIpc) is 3.12. The molecule has 1 saturated heterocycles. The van der Waals surface area contributed by atoms with Gasteiger partial charge in [-0.3, -0.25) is 14.5 Å². The Kier molecular flexibility index (Phi) is 12.8. The number of fused-ring (bicyclic) bond motifs is 1. The standard InChI is InChI=1S/C41H55N3O5/c1-28(2)25-39(46)42-20-10-13-31(32-18-19-37(48-4)38(27-32)49-5)16-17-33-26-36(45)34-14-9-15-35(40(34)41(33)47)44-23-21-43(22-24-44)29(3)30-11-7-6-8-12-30/h6-9,11-12,14-15,18-19,27-29,31,33,41,47H,10,13,16-17,20-26H2,1-5H3,(H,42,46)/t29-,31+,33?,41?/m1/s1. The molecule has 0 bridgehead atoms. The fourth-order valence-electron chi connectivity index (χ4n) is 7.65.